The molecule has 4 heteroatoms. The van der Waals surface area contributed by atoms with Crippen molar-refractivity contribution in [3.05, 3.63) is 29.8 Å². The fourth-order valence-corrected chi connectivity index (χ4v) is 2.75. The summed E-state index contributed by atoms with van der Waals surface area (Å²) < 4.78 is 26.7. The third kappa shape index (κ3) is 3.44. The zero-order valence-electron chi connectivity index (χ0n) is 11.6. The Morgan fingerprint density at radius 1 is 1.32 bits per heavy atom. The predicted molar refractivity (Wildman–Crippen MR) is 74.3 cm³/mol. The Hall–Kier alpha value is -1.16. The highest BCUT2D eigenvalue weighted by molar-refractivity contribution is 5.45. The van der Waals surface area contributed by atoms with Crippen molar-refractivity contribution in [3.8, 4) is 0 Å². The van der Waals surface area contributed by atoms with Crippen LogP contribution in [0.4, 0.5) is 14.5 Å². The van der Waals surface area contributed by atoms with Crippen molar-refractivity contribution in [2.24, 2.45) is 5.92 Å². The van der Waals surface area contributed by atoms with Gasteiger partial charge in [0.15, 0.2) is 11.6 Å². The minimum Gasteiger partial charge on any atom is -0.380 e. The maximum absolute atomic E-state index is 13.6. The Morgan fingerprint density at radius 3 is 2.63 bits per heavy atom. The van der Waals surface area contributed by atoms with E-state index in [1.807, 2.05) is 0 Å². The van der Waals surface area contributed by atoms with Gasteiger partial charge in [-0.3, -0.25) is 0 Å². The highest BCUT2D eigenvalue weighted by Crippen LogP contribution is 2.25. The first-order valence-corrected chi connectivity index (χ1v) is 7.04. The van der Waals surface area contributed by atoms with E-state index in [0.717, 1.165) is 38.5 Å². The largest absolute Gasteiger partial charge is 0.380 e. The van der Waals surface area contributed by atoms with Gasteiger partial charge in [0.2, 0.25) is 0 Å². The number of nitrogens with one attached hydrogen (secondary N) is 1. The molecule has 19 heavy (non-hydrogen) atoms. The summed E-state index contributed by atoms with van der Waals surface area (Å²) in [5, 5.41) is 3.12. The van der Waals surface area contributed by atoms with Crippen LogP contribution in [0.15, 0.2) is 18.2 Å². The van der Waals surface area contributed by atoms with E-state index in [4.69, 9.17) is 0 Å². The van der Waals surface area contributed by atoms with Crippen LogP contribution in [0.1, 0.15) is 26.7 Å². The van der Waals surface area contributed by atoms with Crippen molar-refractivity contribution in [1.82, 2.24) is 4.90 Å². The summed E-state index contributed by atoms with van der Waals surface area (Å²) in [4.78, 5) is 2.42. The molecule has 1 aliphatic heterocycles. The highest BCUT2D eigenvalue weighted by Gasteiger charge is 2.23. The first-order chi connectivity index (χ1) is 9.11. The van der Waals surface area contributed by atoms with Gasteiger partial charge in [0, 0.05) is 6.04 Å². The van der Waals surface area contributed by atoms with Gasteiger partial charge in [-0.05, 0) is 57.5 Å². The van der Waals surface area contributed by atoms with Crippen molar-refractivity contribution in [2.45, 2.75) is 32.7 Å². The van der Waals surface area contributed by atoms with E-state index in [0.29, 0.717) is 5.92 Å². The summed E-state index contributed by atoms with van der Waals surface area (Å²) in [6.07, 6.45) is 2.22. The molecule has 1 unspecified atom stereocenters. The molecule has 0 amide bonds. The van der Waals surface area contributed by atoms with Crippen LogP contribution in [0.5, 0.6) is 0 Å². The van der Waals surface area contributed by atoms with E-state index in [9.17, 15) is 8.78 Å². The monoisotopic (exact) mass is 268 g/mol. The smallest absolute Gasteiger partial charge is 0.181 e. The zero-order chi connectivity index (χ0) is 13.8. The maximum atomic E-state index is 13.6. The second kappa shape index (κ2) is 6.33. The Morgan fingerprint density at radius 2 is 2.00 bits per heavy atom. The Labute approximate surface area is 113 Å². The first kappa shape index (κ1) is 14.3. The number of nitrogens with zero attached hydrogens (tertiary/aromatic N) is 1. The normalized spacial score (nSPS) is 19.4. The lowest BCUT2D eigenvalue weighted by molar-refractivity contribution is 0.183. The lowest BCUT2D eigenvalue weighted by Gasteiger charge is -2.34. The summed E-state index contributed by atoms with van der Waals surface area (Å²) >= 11 is 0. The van der Waals surface area contributed by atoms with Gasteiger partial charge in [-0.1, -0.05) is 13.0 Å². The number of hydrogen-bond acceptors (Lipinski definition) is 2. The quantitative estimate of drug-likeness (QED) is 0.899. The fraction of sp³-hybridized carbons (Fsp3) is 0.600. The van der Waals surface area contributed by atoms with Crippen LogP contribution in [0.3, 0.4) is 0 Å². The number of hydrogen-bond donors (Lipinski definition) is 1. The summed E-state index contributed by atoms with van der Waals surface area (Å²) in [6.45, 7) is 7.51. The van der Waals surface area contributed by atoms with E-state index in [2.05, 4.69) is 24.1 Å². The standard InChI is InChI=1S/C15H22F2N2/c1-3-19-9-7-12(8-10-19)11(2)18-14-6-4-5-13(16)15(14)17/h4-6,11-12,18H,3,7-10H2,1-2H3. The number of rotatable bonds is 4. The van der Waals surface area contributed by atoms with Gasteiger partial charge < -0.3 is 10.2 Å². The fourth-order valence-electron chi connectivity index (χ4n) is 2.75. The molecule has 0 spiro atoms. The third-order valence-electron chi connectivity index (χ3n) is 4.12. The average molecular weight is 268 g/mol. The van der Waals surface area contributed by atoms with Gasteiger partial charge in [-0.2, -0.15) is 0 Å². The average Bonchev–Trinajstić information content (AvgIpc) is 2.44. The SMILES string of the molecule is CCN1CCC(C(C)Nc2cccc(F)c2F)CC1. The number of anilines is 1. The van der Waals surface area contributed by atoms with Crippen LogP contribution < -0.4 is 5.32 Å². The predicted octanol–water partition coefficient (Wildman–Crippen LogP) is 3.50. The van der Waals surface area contributed by atoms with Crippen molar-refractivity contribution < 1.29 is 8.78 Å². The molecule has 1 N–H and O–H groups in total. The van der Waals surface area contributed by atoms with Gasteiger partial charge >= 0.3 is 0 Å². The molecule has 1 heterocycles. The Bertz CT molecular complexity index is 415. The van der Waals surface area contributed by atoms with Crippen LogP contribution in [0.2, 0.25) is 0 Å². The molecule has 0 saturated carbocycles. The Balaban J connectivity index is 1.94. The summed E-state index contributed by atoms with van der Waals surface area (Å²) in [5.41, 5.74) is 0.269. The van der Waals surface area contributed by atoms with Crippen LogP contribution in [-0.4, -0.2) is 30.6 Å². The van der Waals surface area contributed by atoms with E-state index < -0.39 is 11.6 Å². The van der Waals surface area contributed by atoms with Crippen molar-refractivity contribution in [2.75, 3.05) is 25.0 Å². The molecule has 0 radical (unpaired) electrons. The molecule has 1 aromatic rings. The van der Waals surface area contributed by atoms with Gasteiger partial charge in [0.05, 0.1) is 5.69 Å². The van der Waals surface area contributed by atoms with Crippen LogP contribution >= 0.6 is 0 Å². The molecule has 2 nitrogen and oxygen atoms in total. The van der Waals surface area contributed by atoms with Gasteiger partial charge in [-0.15, -0.1) is 0 Å². The van der Waals surface area contributed by atoms with Gasteiger partial charge in [0.1, 0.15) is 0 Å². The molecular formula is C15H22F2N2. The lowest BCUT2D eigenvalue weighted by atomic mass is 9.90. The van der Waals surface area contributed by atoms with Crippen LogP contribution in [0, 0.1) is 17.6 Å². The molecule has 2 rings (SSSR count). The second-order valence-corrected chi connectivity index (χ2v) is 5.31. The van der Waals surface area contributed by atoms with E-state index in [1.54, 1.807) is 6.07 Å². The molecule has 0 aromatic heterocycles. The lowest BCUT2D eigenvalue weighted by Crippen LogP contribution is -2.39. The van der Waals surface area contributed by atoms with E-state index >= 15 is 0 Å². The topological polar surface area (TPSA) is 15.3 Å². The van der Waals surface area contributed by atoms with Crippen molar-refractivity contribution >= 4 is 5.69 Å². The van der Waals surface area contributed by atoms with E-state index in [-0.39, 0.29) is 11.7 Å². The number of likely N-dealkylation sites (tertiary alicyclic amines) is 1. The molecule has 1 fully saturated rings. The molecular weight excluding hydrogens is 246 g/mol. The van der Waals surface area contributed by atoms with Gasteiger partial charge in [-0.25, -0.2) is 8.78 Å². The van der Waals surface area contributed by atoms with Crippen molar-refractivity contribution in [3.63, 3.8) is 0 Å². The zero-order valence-corrected chi connectivity index (χ0v) is 11.6. The first-order valence-electron chi connectivity index (χ1n) is 7.04. The minimum atomic E-state index is -0.794. The second-order valence-electron chi connectivity index (χ2n) is 5.31. The molecule has 1 aliphatic rings. The van der Waals surface area contributed by atoms with Crippen molar-refractivity contribution in [1.29, 1.82) is 0 Å². The molecule has 1 saturated heterocycles. The highest BCUT2D eigenvalue weighted by atomic mass is 19.2. The third-order valence-corrected chi connectivity index (χ3v) is 4.12. The summed E-state index contributed by atoms with van der Waals surface area (Å²) in [7, 11) is 0. The van der Waals surface area contributed by atoms with Gasteiger partial charge in [0.25, 0.3) is 0 Å². The van der Waals surface area contributed by atoms with E-state index in [1.165, 1.54) is 6.07 Å². The summed E-state index contributed by atoms with van der Waals surface area (Å²) in [6, 6.07) is 4.43. The minimum absolute atomic E-state index is 0.162. The number of halogens is 2. The molecule has 0 bridgehead atoms. The number of benzene rings is 1. The molecule has 1 aromatic carbocycles. The van der Waals surface area contributed by atoms with Crippen LogP contribution in [0.25, 0.3) is 0 Å². The molecule has 1 atom stereocenters. The molecule has 106 valence electrons. The Kier molecular flexibility index (Phi) is 4.75. The van der Waals surface area contributed by atoms with Crippen LogP contribution in [-0.2, 0) is 0 Å². The number of piperidine rings is 1. The molecule has 0 aliphatic carbocycles. The maximum Gasteiger partial charge on any atom is 0.181 e. The summed E-state index contributed by atoms with van der Waals surface area (Å²) in [5.74, 6) is -1.05.